The van der Waals surface area contributed by atoms with E-state index in [9.17, 15) is 8.78 Å². The fourth-order valence-corrected chi connectivity index (χ4v) is 1.49. The molecule has 0 atom stereocenters. The average molecular weight is 267 g/mol. The molecule has 0 aromatic carbocycles. The molecule has 0 spiro atoms. The van der Waals surface area contributed by atoms with Gasteiger partial charge in [0.1, 0.15) is 5.82 Å². The highest BCUT2D eigenvalue weighted by Gasteiger charge is 2.17. The van der Waals surface area contributed by atoms with Crippen LogP contribution in [0.3, 0.4) is 0 Å². The Labute approximate surface area is 88.6 Å². The SMILES string of the molecule is CNc1cc(C(F)F)c(Br)c(OC)n1. The third-order valence-electron chi connectivity index (χ3n) is 1.64. The van der Waals surface area contributed by atoms with Crippen molar-refractivity contribution in [3.05, 3.63) is 16.1 Å². The first-order valence-electron chi connectivity index (χ1n) is 3.80. The summed E-state index contributed by atoms with van der Waals surface area (Å²) in [5, 5.41) is 2.68. The molecule has 0 unspecified atom stereocenters. The lowest BCUT2D eigenvalue weighted by Gasteiger charge is -2.10. The number of halogens is 3. The molecule has 3 nitrogen and oxygen atoms in total. The maximum absolute atomic E-state index is 12.5. The van der Waals surface area contributed by atoms with Crippen molar-refractivity contribution < 1.29 is 13.5 Å². The molecule has 0 amide bonds. The fourth-order valence-electron chi connectivity index (χ4n) is 0.947. The van der Waals surface area contributed by atoms with Crippen LogP contribution in [0.25, 0.3) is 0 Å². The average Bonchev–Trinajstić information content (AvgIpc) is 2.17. The Morgan fingerprint density at radius 2 is 2.21 bits per heavy atom. The summed E-state index contributed by atoms with van der Waals surface area (Å²) in [5.74, 6) is 0.493. The van der Waals surface area contributed by atoms with E-state index in [1.165, 1.54) is 13.2 Å². The molecule has 0 bridgehead atoms. The number of ether oxygens (including phenoxy) is 1. The van der Waals surface area contributed by atoms with Gasteiger partial charge in [0.25, 0.3) is 6.43 Å². The van der Waals surface area contributed by atoms with Gasteiger partial charge < -0.3 is 10.1 Å². The van der Waals surface area contributed by atoms with Crippen molar-refractivity contribution in [3.8, 4) is 5.88 Å². The molecular weight excluding hydrogens is 258 g/mol. The fraction of sp³-hybridized carbons (Fsp3) is 0.375. The van der Waals surface area contributed by atoms with Crippen molar-refractivity contribution in [1.82, 2.24) is 4.98 Å². The minimum absolute atomic E-state index is 0.138. The number of anilines is 1. The van der Waals surface area contributed by atoms with E-state index in [4.69, 9.17) is 4.74 Å². The first-order valence-corrected chi connectivity index (χ1v) is 4.59. The Balaban J connectivity index is 3.27. The number of rotatable bonds is 3. The summed E-state index contributed by atoms with van der Waals surface area (Å²) in [6, 6.07) is 1.28. The molecule has 0 aliphatic heterocycles. The molecule has 0 saturated carbocycles. The van der Waals surface area contributed by atoms with Gasteiger partial charge in [0.15, 0.2) is 0 Å². The van der Waals surface area contributed by atoms with E-state index in [1.807, 2.05) is 0 Å². The van der Waals surface area contributed by atoms with E-state index in [1.54, 1.807) is 7.05 Å². The number of methoxy groups -OCH3 is 1. The monoisotopic (exact) mass is 266 g/mol. The predicted molar refractivity (Wildman–Crippen MR) is 53.0 cm³/mol. The van der Waals surface area contributed by atoms with E-state index >= 15 is 0 Å². The van der Waals surface area contributed by atoms with Crippen molar-refractivity contribution in [2.24, 2.45) is 0 Å². The predicted octanol–water partition coefficient (Wildman–Crippen LogP) is 2.83. The van der Waals surface area contributed by atoms with Crippen LogP contribution < -0.4 is 10.1 Å². The molecule has 78 valence electrons. The van der Waals surface area contributed by atoms with E-state index in [0.29, 0.717) is 5.82 Å². The van der Waals surface area contributed by atoms with Crippen LogP contribution in [0.15, 0.2) is 10.5 Å². The van der Waals surface area contributed by atoms with Crippen LogP contribution in [-0.4, -0.2) is 19.1 Å². The second kappa shape index (κ2) is 4.54. The Hall–Kier alpha value is -0.910. The molecule has 1 rings (SSSR count). The van der Waals surface area contributed by atoms with Crippen molar-refractivity contribution in [1.29, 1.82) is 0 Å². The Morgan fingerprint density at radius 1 is 1.57 bits per heavy atom. The molecule has 14 heavy (non-hydrogen) atoms. The molecular formula is C8H9BrF2N2O. The van der Waals surface area contributed by atoms with E-state index in [-0.39, 0.29) is 15.9 Å². The van der Waals surface area contributed by atoms with E-state index < -0.39 is 6.43 Å². The second-order valence-electron chi connectivity index (χ2n) is 2.47. The minimum Gasteiger partial charge on any atom is -0.480 e. The van der Waals surface area contributed by atoms with Gasteiger partial charge in [-0.1, -0.05) is 0 Å². The number of alkyl halides is 2. The number of aromatic nitrogens is 1. The third-order valence-corrected chi connectivity index (χ3v) is 2.44. The summed E-state index contributed by atoms with van der Waals surface area (Å²) < 4.78 is 30.1. The van der Waals surface area contributed by atoms with Crippen molar-refractivity contribution in [2.45, 2.75) is 6.43 Å². The molecule has 6 heteroatoms. The topological polar surface area (TPSA) is 34.1 Å². The lowest BCUT2D eigenvalue weighted by molar-refractivity contribution is 0.150. The third kappa shape index (κ3) is 2.12. The summed E-state index contributed by atoms with van der Waals surface area (Å²) in [7, 11) is 2.98. The maximum Gasteiger partial charge on any atom is 0.265 e. The van der Waals surface area contributed by atoms with Gasteiger partial charge >= 0.3 is 0 Å². The summed E-state index contributed by atoms with van der Waals surface area (Å²) in [6.07, 6.45) is -2.56. The molecule has 0 aliphatic rings. The normalized spacial score (nSPS) is 10.4. The van der Waals surface area contributed by atoms with Gasteiger partial charge in [-0.25, -0.2) is 8.78 Å². The summed E-state index contributed by atoms with van der Waals surface area (Å²) in [5.41, 5.74) is -0.138. The molecule has 1 N–H and O–H groups in total. The first kappa shape index (κ1) is 11.2. The Morgan fingerprint density at radius 3 is 2.64 bits per heavy atom. The van der Waals surface area contributed by atoms with Gasteiger partial charge in [-0.15, -0.1) is 0 Å². The standard InChI is InChI=1S/C8H9BrF2N2O/c1-12-5-3-4(7(10)11)6(9)8(13-5)14-2/h3,7H,1-2H3,(H,12,13). The lowest BCUT2D eigenvalue weighted by Crippen LogP contribution is -1.99. The van der Waals surface area contributed by atoms with Crippen molar-refractivity contribution in [3.63, 3.8) is 0 Å². The first-order chi connectivity index (χ1) is 6.60. The minimum atomic E-state index is -2.56. The molecule has 1 heterocycles. The van der Waals surface area contributed by atoms with Gasteiger partial charge in [0.2, 0.25) is 5.88 Å². The molecule has 0 aliphatic carbocycles. The highest BCUT2D eigenvalue weighted by molar-refractivity contribution is 9.10. The van der Waals surface area contributed by atoms with Crippen LogP contribution in [0.5, 0.6) is 5.88 Å². The van der Waals surface area contributed by atoms with Crippen molar-refractivity contribution >= 4 is 21.7 Å². The lowest BCUT2D eigenvalue weighted by atomic mass is 10.2. The maximum atomic E-state index is 12.5. The molecule has 0 fully saturated rings. The Bertz CT molecular complexity index is 333. The van der Waals surface area contributed by atoms with Crippen LogP contribution in [0, 0.1) is 0 Å². The largest absolute Gasteiger partial charge is 0.480 e. The van der Waals surface area contributed by atoms with Crippen LogP contribution in [0.2, 0.25) is 0 Å². The highest BCUT2D eigenvalue weighted by Crippen LogP contribution is 2.34. The Kier molecular flexibility index (Phi) is 3.62. The van der Waals surface area contributed by atoms with Crippen LogP contribution in [0.1, 0.15) is 12.0 Å². The zero-order valence-corrected chi connectivity index (χ0v) is 9.23. The second-order valence-corrected chi connectivity index (χ2v) is 3.26. The van der Waals surface area contributed by atoms with Gasteiger partial charge in [0, 0.05) is 12.6 Å². The zero-order valence-electron chi connectivity index (χ0n) is 7.64. The number of hydrogen-bond donors (Lipinski definition) is 1. The molecule has 0 radical (unpaired) electrons. The van der Waals surface area contributed by atoms with Crippen LogP contribution in [0.4, 0.5) is 14.6 Å². The van der Waals surface area contributed by atoms with Gasteiger partial charge in [-0.05, 0) is 22.0 Å². The number of nitrogens with one attached hydrogen (secondary N) is 1. The quantitative estimate of drug-likeness (QED) is 0.914. The summed E-state index contributed by atoms with van der Waals surface area (Å²) in [4.78, 5) is 3.94. The number of nitrogens with zero attached hydrogens (tertiary/aromatic N) is 1. The molecule has 1 aromatic heterocycles. The number of pyridine rings is 1. The summed E-state index contributed by atoms with van der Waals surface area (Å²) in [6.45, 7) is 0. The van der Waals surface area contributed by atoms with Crippen molar-refractivity contribution in [2.75, 3.05) is 19.5 Å². The van der Waals surface area contributed by atoms with E-state index in [0.717, 1.165) is 0 Å². The molecule has 1 aromatic rings. The molecule has 0 saturated heterocycles. The van der Waals surface area contributed by atoms with Gasteiger partial charge in [-0.3, -0.25) is 0 Å². The van der Waals surface area contributed by atoms with E-state index in [2.05, 4.69) is 26.2 Å². The van der Waals surface area contributed by atoms with Crippen LogP contribution >= 0.6 is 15.9 Å². The zero-order chi connectivity index (χ0) is 10.7. The number of hydrogen-bond acceptors (Lipinski definition) is 3. The summed E-state index contributed by atoms with van der Waals surface area (Å²) >= 11 is 3.01. The highest BCUT2D eigenvalue weighted by atomic mass is 79.9. The van der Waals surface area contributed by atoms with Crippen LogP contribution in [-0.2, 0) is 0 Å². The van der Waals surface area contributed by atoms with Gasteiger partial charge in [0.05, 0.1) is 11.6 Å². The van der Waals surface area contributed by atoms with Gasteiger partial charge in [-0.2, -0.15) is 4.98 Å². The smallest absolute Gasteiger partial charge is 0.265 e.